The lowest BCUT2D eigenvalue weighted by molar-refractivity contribution is 0.994. The van der Waals surface area contributed by atoms with E-state index in [0.29, 0.717) is 11.1 Å². The molecule has 0 atom stereocenters. The Bertz CT molecular complexity index is 854. The second-order valence-corrected chi connectivity index (χ2v) is 4.57. The molecule has 0 aliphatic carbocycles. The van der Waals surface area contributed by atoms with E-state index in [0.717, 1.165) is 11.1 Å². The highest BCUT2D eigenvalue weighted by molar-refractivity contribution is 5.85. The van der Waals surface area contributed by atoms with Crippen LogP contribution in [0, 0.1) is 22.7 Å². The van der Waals surface area contributed by atoms with Crippen LogP contribution in [0.3, 0.4) is 0 Å². The molecular formula is C17H14ClN7. The van der Waals surface area contributed by atoms with E-state index in [1.54, 1.807) is 54.7 Å². The van der Waals surface area contributed by atoms with Crippen molar-refractivity contribution in [2.45, 2.75) is 0 Å². The van der Waals surface area contributed by atoms with Gasteiger partial charge in [-0.05, 0) is 35.4 Å². The number of nitrogens with zero attached hydrogens (tertiary/aromatic N) is 5. The molecule has 0 aliphatic rings. The predicted molar refractivity (Wildman–Crippen MR) is 99.5 cm³/mol. The van der Waals surface area contributed by atoms with Gasteiger partial charge in [0, 0.05) is 0 Å². The third-order valence-electron chi connectivity index (χ3n) is 2.84. The first kappa shape index (κ1) is 19.4. The second-order valence-electron chi connectivity index (χ2n) is 4.57. The highest BCUT2D eigenvalue weighted by Gasteiger charge is 1.92. The van der Waals surface area contributed by atoms with Crippen molar-refractivity contribution in [3.8, 4) is 12.1 Å². The molecule has 124 valence electrons. The average molecular weight is 352 g/mol. The number of guanidine groups is 1. The van der Waals surface area contributed by atoms with E-state index >= 15 is 0 Å². The van der Waals surface area contributed by atoms with Gasteiger partial charge in [-0.3, -0.25) is 0 Å². The molecule has 0 saturated carbocycles. The van der Waals surface area contributed by atoms with Gasteiger partial charge in [0.2, 0.25) is 5.96 Å². The van der Waals surface area contributed by atoms with Crippen LogP contribution in [0.4, 0.5) is 0 Å². The molecule has 25 heavy (non-hydrogen) atoms. The van der Waals surface area contributed by atoms with Crippen LogP contribution in [-0.2, 0) is 0 Å². The van der Waals surface area contributed by atoms with Gasteiger partial charge in [-0.2, -0.15) is 20.7 Å². The molecule has 0 radical (unpaired) electrons. The fraction of sp³-hybridized carbons (Fsp3) is 0. The number of hydrazone groups is 1. The van der Waals surface area contributed by atoms with Crippen LogP contribution < -0.4 is 11.2 Å². The van der Waals surface area contributed by atoms with Crippen LogP contribution in [0.25, 0.3) is 0 Å². The van der Waals surface area contributed by atoms with E-state index < -0.39 is 0 Å². The standard InChI is InChI=1S/C17H13N7.ClH/c18-9-13-1-5-15(6-2-13)11-21-23-17(20)24-22-12-16-7-3-14(10-19)4-8-16;/h1-8,11-12H,(H3,20,23,24);1H/b21-11+,22-12+;. The van der Waals surface area contributed by atoms with E-state index in [9.17, 15) is 0 Å². The summed E-state index contributed by atoms with van der Waals surface area (Å²) >= 11 is 0. The summed E-state index contributed by atoms with van der Waals surface area (Å²) < 4.78 is 0. The Hall–Kier alpha value is -3.68. The SMILES string of the molecule is Cl.N#Cc1ccc(/C=N/N=C(\N)N/N=C/c2ccc(C#N)cc2)cc1. The minimum Gasteiger partial charge on any atom is -0.367 e. The zero-order valence-electron chi connectivity index (χ0n) is 13.0. The number of nitrogens with two attached hydrogens (primary N) is 1. The van der Waals surface area contributed by atoms with Gasteiger partial charge in [0.1, 0.15) is 0 Å². The molecule has 0 amide bonds. The van der Waals surface area contributed by atoms with Gasteiger partial charge in [0.25, 0.3) is 0 Å². The van der Waals surface area contributed by atoms with Crippen molar-refractivity contribution in [2.75, 3.05) is 0 Å². The lowest BCUT2D eigenvalue weighted by atomic mass is 10.2. The molecule has 0 saturated heterocycles. The molecule has 0 unspecified atom stereocenters. The maximum atomic E-state index is 8.71. The van der Waals surface area contributed by atoms with E-state index in [-0.39, 0.29) is 18.4 Å². The van der Waals surface area contributed by atoms with E-state index in [2.05, 4.69) is 20.7 Å². The molecule has 8 heteroatoms. The van der Waals surface area contributed by atoms with Crippen molar-refractivity contribution < 1.29 is 0 Å². The largest absolute Gasteiger partial charge is 0.367 e. The van der Waals surface area contributed by atoms with E-state index in [4.69, 9.17) is 16.3 Å². The minimum absolute atomic E-state index is 0. The summed E-state index contributed by atoms with van der Waals surface area (Å²) in [6.45, 7) is 0. The van der Waals surface area contributed by atoms with Crippen LogP contribution in [0.2, 0.25) is 0 Å². The molecule has 7 nitrogen and oxygen atoms in total. The van der Waals surface area contributed by atoms with Gasteiger partial charge in [0.05, 0.1) is 35.7 Å². The monoisotopic (exact) mass is 351 g/mol. The van der Waals surface area contributed by atoms with Gasteiger partial charge in [-0.15, -0.1) is 17.5 Å². The van der Waals surface area contributed by atoms with E-state index in [1.165, 1.54) is 6.21 Å². The number of hydrogen-bond acceptors (Lipinski definition) is 5. The normalized spacial score (nSPS) is 10.9. The third-order valence-corrected chi connectivity index (χ3v) is 2.84. The molecule has 2 rings (SSSR count). The smallest absolute Gasteiger partial charge is 0.234 e. The molecule has 2 aromatic rings. The molecule has 0 aromatic heterocycles. The second kappa shape index (κ2) is 10.2. The number of hydrogen-bond donors (Lipinski definition) is 2. The average Bonchev–Trinajstić information content (AvgIpc) is 2.63. The van der Waals surface area contributed by atoms with Crippen LogP contribution >= 0.6 is 12.4 Å². The topological polar surface area (TPSA) is 123 Å². The predicted octanol–water partition coefficient (Wildman–Crippen LogP) is 2.12. The number of nitriles is 2. The molecule has 2 aromatic carbocycles. The zero-order valence-corrected chi connectivity index (χ0v) is 13.8. The Labute approximate surface area is 151 Å². The summed E-state index contributed by atoms with van der Waals surface area (Å²) in [5.74, 6) is 0.0322. The van der Waals surface area contributed by atoms with Gasteiger partial charge in [-0.25, -0.2) is 5.43 Å². The summed E-state index contributed by atoms with van der Waals surface area (Å²) in [4.78, 5) is 0. The Morgan fingerprint density at radius 2 is 1.36 bits per heavy atom. The fourth-order valence-corrected chi connectivity index (χ4v) is 1.64. The Morgan fingerprint density at radius 3 is 1.84 bits per heavy atom. The first-order chi connectivity index (χ1) is 11.7. The summed E-state index contributed by atoms with van der Waals surface area (Å²) in [5.41, 5.74) is 10.9. The highest BCUT2D eigenvalue weighted by atomic mass is 35.5. The van der Waals surface area contributed by atoms with Crippen LogP contribution in [-0.4, -0.2) is 18.4 Å². The summed E-state index contributed by atoms with van der Waals surface area (Å²) in [6.07, 6.45) is 3.06. The lowest BCUT2D eigenvalue weighted by Crippen LogP contribution is -2.26. The summed E-state index contributed by atoms with van der Waals surface area (Å²) in [5, 5.41) is 28.9. The quantitative estimate of drug-likeness (QED) is 0.497. The molecule has 0 bridgehead atoms. The molecule has 0 aliphatic heterocycles. The maximum absolute atomic E-state index is 8.71. The van der Waals surface area contributed by atoms with Crippen molar-refractivity contribution in [1.82, 2.24) is 5.43 Å². The Morgan fingerprint density at radius 1 is 0.880 bits per heavy atom. The first-order valence-corrected chi connectivity index (χ1v) is 6.87. The molecular weight excluding hydrogens is 338 g/mol. The molecule has 0 heterocycles. The van der Waals surface area contributed by atoms with Gasteiger partial charge in [-0.1, -0.05) is 24.3 Å². The van der Waals surface area contributed by atoms with E-state index in [1.807, 2.05) is 12.1 Å². The molecule has 0 fully saturated rings. The summed E-state index contributed by atoms with van der Waals surface area (Å²) in [7, 11) is 0. The fourth-order valence-electron chi connectivity index (χ4n) is 1.64. The van der Waals surface area contributed by atoms with Crippen LogP contribution in [0.1, 0.15) is 22.3 Å². The lowest BCUT2D eigenvalue weighted by Gasteiger charge is -1.96. The number of benzene rings is 2. The van der Waals surface area contributed by atoms with Crippen molar-refractivity contribution in [3.05, 3.63) is 70.8 Å². The van der Waals surface area contributed by atoms with Gasteiger partial charge < -0.3 is 5.73 Å². The Kier molecular flexibility index (Phi) is 7.87. The van der Waals surface area contributed by atoms with Gasteiger partial charge >= 0.3 is 0 Å². The summed E-state index contributed by atoms with van der Waals surface area (Å²) in [6, 6.07) is 17.9. The van der Waals surface area contributed by atoms with Crippen molar-refractivity contribution in [2.24, 2.45) is 21.0 Å². The Balaban J connectivity index is 0.00000312. The van der Waals surface area contributed by atoms with Gasteiger partial charge in [0.15, 0.2) is 0 Å². The molecule has 0 spiro atoms. The first-order valence-electron chi connectivity index (χ1n) is 6.87. The third kappa shape index (κ3) is 6.53. The zero-order chi connectivity index (χ0) is 17.2. The van der Waals surface area contributed by atoms with Crippen molar-refractivity contribution in [1.29, 1.82) is 10.5 Å². The van der Waals surface area contributed by atoms with Crippen molar-refractivity contribution >= 4 is 30.8 Å². The van der Waals surface area contributed by atoms with Crippen molar-refractivity contribution in [3.63, 3.8) is 0 Å². The minimum atomic E-state index is 0. The molecule has 3 N–H and O–H groups in total. The number of halogens is 1. The van der Waals surface area contributed by atoms with Crippen LogP contribution in [0.5, 0.6) is 0 Å². The maximum Gasteiger partial charge on any atom is 0.234 e. The highest BCUT2D eigenvalue weighted by Crippen LogP contribution is 2.01. The van der Waals surface area contributed by atoms with Crippen LogP contribution in [0.15, 0.2) is 63.8 Å². The number of nitrogens with one attached hydrogen (secondary N) is 1. The number of rotatable bonds is 4.